The molecule has 5 nitrogen and oxygen atoms in total. The summed E-state index contributed by atoms with van der Waals surface area (Å²) in [5.74, 6) is -0.525. The average Bonchev–Trinajstić information content (AvgIpc) is 2.57. The van der Waals surface area contributed by atoms with Crippen LogP contribution >= 0.6 is 11.6 Å². The Morgan fingerprint density at radius 2 is 1.80 bits per heavy atom. The topological polar surface area (TPSA) is 57.7 Å². The van der Waals surface area contributed by atoms with E-state index in [0.717, 1.165) is 0 Å². The van der Waals surface area contributed by atoms with E-state index in [4.69, 9.17) is 20.9 Å². The van der Waals surface area contributed by atoms with Gasteiger partial charge in [0.05, 0.1) is 29.5 Å². The van der Waals surface area contributed by atoms with Gasteiger partial charge in [-0.1, -0.05) is 11.6 Å². The summed E-state index contributed by atoms with van der Waals surface area (Å²) in [7, 11) is 0.685. The van der Waals surface area contributed by atoms with E-state index in [1.807, 2.05) is 27.7 Å². The van der Waals surface area contributed by atoms with Crippen molar-refractivity contribution in [2.24, 2.45) is 0 Å². The molecule has 1 saturated heterocycles. The number of hydrogen-bond donors (Lipinski definition) is 0. The van der Waals surface area contributed by atoms with E-state index in [0.29, 0.717) is 5.59 Å². The first kappa shape index (κ1) is 15.3. The Morgan fingerprint density at radius 1 is 1.25 bits per heavy atom. The van der Waals surface area contributed by atoms with Gasteiger partial charge in [-0.3, -0.25) is 0 Å². The van der Waals surface area contributed by atoms with Crippen LogP contribution in [0.2, 0.25) is 5.15 Å². The van der Waals surface area contributed by atoms with Crippen molar-refractivity contribution in [3.05, 3.63) is 22.8 Å². The minimum absolute atomic E-state index is 0.0732. The van der Waals surface area contributed by atoms with Gasteiger partial charge in [0, 0.05) is 0 Å². The molecule has 7 heteroatoms. The number of nitrogens with zero attached hydrogens (tertiary/aromatic N) is 1. The number of ether oxygens (including phenoxy) is 1. The fourth-order valence-corrected chi connectivity index (χ4v) is 2.04. The third-order valence-electron chi connectivity index (χ3n) is 3.77. The predicted octanol–water partition coefficient (Wildman–Crippen LogP) is 1.82. The Bertz CT molecular complexity index is 531. The van der Waals surface area contributed by atoms with Crippen LogP contribution in [0.4, 0.5) is 0 Å². The highest BCUT2D eigenvalue weighted by Gasteiger charge is 2.52. The van der Waals surface area contributed by atoms with Crippen molar-refractivity contribution in [1.29, 1.82) is 0 Å². The Hall–Kier alpha value is -1.11. The highest BCUT2D eigenvalue weighted by atomic mass is 35.5. The minimum Gasteiger partial charge on any atom is -0.465 e. The molecule has 0 atom stereocenters. The first-order valence-electron chi connectivity index (χ1n) is 6.28. The molecule has 0 saturated carbocycles. The number of carbonyl (C=O) groups excluding carboxylic acids is 1. The number of rotatable bonds is 2. The smallest absolute Gasteiger partial charge is 0.465 e. The Morgan fingerprint density at radius 3 is 2.25 bits per heavy atom. The van der Waals surface area contributed by atoms with E-state index in [2.05, 4.69) is 9.72 Å². The molecular weight excluding hydrogens is 280 g/mol. The summed E-state index contributed by atoms with van der Waals surface area (Å²) in [5.41, 5.74) is -0.157. The molecule has 2 rings (SSSR count). The van der Waals surface area contributed by atoms with Crippen LogP contribution in [-0.4, -0.2) is 36.4 Å². The molecule has 1 aromatic rings. The second kappa shape index (κ2) is 5.02. The van der Waals surface area contributed by atoms with Crippen LogP contribution in [0.5, 0.6) is 0 Å². The first-order valence-corrected chi connectivity index (χ1v) is 6.66. The number of methoxy groups -OCH3 is 1. The largest absolute Gasteiger partial charge is 0.514 e. The molecule has 0 unspecified atom stereocenters. The molecule has 1 fully saturated rings. The number of carbonyl (C=O) groups is 1. The van der Waals surface area contributed by atoms with Gasteiger partial charge in [-0.15, -0.1) is 0 Å². The highest BCUT2D eigenvalue weighted by molar-refractivity contribution is 6.61. The lowest BCUT2D eigenvalue weighted by Gasteiger charge is -2.32. The molecule has 0 radical (unpaired) electrons. The van der Waals surface area contributed by atoms with Crippen molar-refractivity contribution >= 4 is 30.3 Å². The van der Waals surface area contributed by atoms with Crippen molar-refractivity contribution in [1.82, 2.24) is 4.98 Å². The third-order valence-corrected chi connectivity index (χ3v) is 4.06. The van der Waals surface area contributed by atoms with Gasteiger partial charge in [-0.05, 0) is 39.8 Å². The molecule has 20 heavy (non-hydrogen) atoms. The summed E-state index contributed by atoms with van der Waals surface area (Å²) in [6.07, 6.45) is 0. The van der Waals surface area contributed by atoms with Crippen LogP contribution < -0.4 is 5.59 Å². The molecule has 108 valence electrons. The summed E-state index contributed by atoms with van der Waals surface area (Å²) in [5, 5.41) is 0.0732. The second-order valence-corrected chi connectivity index (χ2v) is 6.01. The quantitative estimate of drug-likeness (QED) is 0.473. The summed E-state index contributed by atoms with van der Waals surface area (Å²) in [6, 6.07) is 3.21. The molecule has 1 aliphatic heterocycles. The first-order chi connectivity index (χ1) is 9.18. The van der Waals surface area contributed by atoms with Crippen molar-refractivity contribution < 1.29 is 18.8 Å². The Balaban J connectivity index is 2.28. The molecule has 0 spiro atoms. The minimum atomic E-state index is -0.607. The predicted molar refractivity (Wildman–Crippen MR) is 76.3 cm³/mol. The van der Waals surface area contributed by atoms with Gasteiger partial charge in [-0.2, -0.15) is 0 Å². The number of pyridine rings is 1. The van der Waals surface area contributed by atoms with E-state index in [-0.39, 0.29) is 10.7 Å². The number of esters is 1. The van der Waals surface area contributed by atoms with Crippen LogP contribution in [0.1, 0.15) is 38.1 Å². The van der Waals surface area contributed by atoms with Gasteiger partial charge in [-0.25, -0.2) is 9.78 Å². The number of hydrogen-bond acceptors (Lipinski definition) is 5. The van der Waals surface area contributed by atoms with E-state index in [9.17, 15) is 4.79 Å². The zero-order chi connectivity index (χ0) is 15.1. The molecule has 0 aromatic carbocycles. The lowest BCUT2D eigenvalue weighted by atomic mass is 9.84. The van der Waals surface area contributed by atoms with Gasteiger partial charge in [0.2, 0.25) is 0 Å². The van der Waals surface area contributed by atoms with E-state index in [1.165, 1.54) is 7.11 Å². The summed E-state index contributed by atoms with van der Waals surface area (Å²) in [6.45, 7) is 7.82. The van der Waals surface area contributed by atoms with E-state index >= 15 is 0 Å². The molecule has 0 amide bonds. The van der Waals surface area contributed by atoms with E-state index < -0.39 is 24.3 Å². The maximum atomic E-state index is 11.5. The number of aromatic nitrogens is 1. The van der Waals surface area contributed by atoms with Crippen LogP contribution in [0.25, 0.3) is 0 Å². The van der Waals surface area contributed by atoms with Gasteiger partial charge in [0.15, 0.2) is 0 Å². The van der Waals surface area contributed by atoms with Gasteiger partial charge in [0.1, 0.15) is 5.15 Å². The van der Waals surface area contributed by atoms with Crippen LogP contribution in [0.3, 0.4) is 0 Å². The fourth-order valence-electron chi connectivity index (χ4n) is 1.81. The van der Waals surface area contributed by atoms with Crippen LogP contribution in [0.15, 0.2) is 12.1 Å². The lowest BCUT2D eigenvalue weighted by molar-refractivity contribution is 0.00578. The van der Waals surface area contributed by atoms with Crippen LogP contribution in [-0.2, 0) is 14.0 Å². The van der Waals surface area contributed by atoms with Crippen molar-refractivity contribution in [2.75, 3.05) is 7.11 Å². The van der Waals surface area contributed by atoms with E-state index in [1.54, 1.807) is 12.1 Å². The Kier molecular flexibility index (Phi) is 3.84. The maximum absolute atomic E-state index is 11.5. The normalized spacial score (nSPS) is 20.0. The molecule has 2 heterocycles. The molecule has 1 aromatic heterocycles. The summed E-state index contributed by atoms with van der Waals surface area (Å²) < 4.78 is 16.4. The zero-order valence-electron chi connectivity index (χ0n) is 12.2. The Labute approximate surface area is 123 Å². The molecule has 0 aliphatic carbocycles. The summed E-state index contributed by atoms with van der Waals surface area (Å²) in [4.78, 5) is 15.6. The molecule has 1 aliphatic rings. The SMILES string of the molecule is COC(=O)c1ccc(B2OC(C)(C)C(C)(C)O2)nc1Cl. The highest BCUT2D eigenvalue weighted by Crippen LogP contribution is 2.36. The summed E-state index contributed by atoms with van der Waals surface area (Å²) >= 11 is 6.00. The lowest BCUT2D eigenvalue weighted by Crippen LogP contribution is -2.41. The van der Waals surface area contributed by atoms with Gasteiger partial charge >= 0.3 is 13.1 Å². The standard InChI is InChI=1S/C13H17BClNO4/c1-12(2)13(3,4)20-14(19-12)9-7-6-8(10(15)16-9)11(17)18-5/h6-7H,1-5H3. The van der Waals surface area contributed by atoms with Crippen molar-refractivity contribution in [3.63, 3.8) is 0 Å². The number of halogens is 1. The van der Waals surface area contributed by atoms with Crippen LogP contribution in [0, 0.1) is 0 Å². The van der Waals surface area contributed by atoms with Gasteiger partial charge in [0.25, 0.3) is 0 Å². The average molecular weight is 298 g/mol. The van der Waals surface area contributed by atoms with Crippen molar-refractivity contribution in [2.45, 2.75) is 38.9 Å². The molecule has 0 N–H and O–H groups in total. The zero-order valence-corrected chi connectivity index (χ0v) is 12.9. The van der Waals surface area contributed by atoms with Crippen molar-refractivity contribution in [3.8, 4) is 0 Å². The molecule has 0 bridgehead atoms. The van der Waals surface area contributed by atoms with Gasteiger partial charge < -0.3 is 14.0 Å². The maximum Gasteiger partial charge on any atom is 0.514 e. The molecular formula is C13H17BClNO4. The third kappa shape index (κ3) is 2.55. The second-order valence-electron chi connectivity index (χ2n) is 5.65. The fraction of sp³-hybridized carbons (Fsp3) is 0.538. The monoisotopic (exact) mass is 297 g/mol.